The number of rotatable bonds is 8. The van der Waals surface area contributed by atoms with E-state index >= 15 is 0 Å². The molecule has 0 aliphatic carbocycles. The summed E-state index contributed by atoms with van der Waals surface area (Å²) in [5.74, 6) is -0.931. The maximum Gasteiger partial charge on any atom is 0.416 e. The van der Waals surface area contributed by atoms with Gasteiger partial charge in [-0.1, -0.05) is 29.8 Å². The summed E-state index contributed by atoms with van der Waals surface area (Å²) in [6.07, 6.45) is -3.98. The average Bonchev–Trinajstić information content (AvgIpc) is 2.90. The molecule has 214 valence electrons. The van der Waals surface area contributed by atoms with Crippen LogP contribution in [0.15, 0.2) is 77.7 Å². The molecule has 40 heavy (non-hydrogen) atoms. The van der Waals surface area contributed by atoms with Crippen molar-refractivity contribution in [2.45, 2.75) is 29.7 Å². The van der Waals surface area contributed by atoms with E-state index in [1.54, 1.807) is 24.3 Å². The summed E-state index contributed by atoms with van der Waals surface area (Å²) >= 11 is 5.85. The molecule has 4 rings (SSSR count). The molecule has 0 atom stereocenters. The third kappa shape index (κ3) is 7.53. The first-order valence-electron chi connectivity index (χ1n) is 12.1. The number of benzene rings is 3. The summed E-state index contributed by atoms with van der Waals surface area (Å²) < 4.78 is 93.1. The molecule has 3 aromatic rings. The Balaban J connectivity index is 1.32. The van der Waals surface area contributed by atoms with Gasteiger partial charge in [-0.15, -0.1) is 0 Å². The van der Waals surface area contributed by atoms with Crippen LogP contribution in [0.25, 0.3) is 0 Å². The number of hydrogen-bond donors (Lipinski definition) is 2. The highest BCUT2D eigenvalue weighted by Gasteiger charge is 2.32. The second-order valence-electron chi connectivity index (χ2n) is 9.25. The van der Waals surface area contributed by atoms with Crippen molar-refractivity contribution in [2.24, 2.45) is 5.92 Å². The largest absolute Gasteiger partial charge is 0.416 e. The third-order valence-electron chi connectivity index (χ3n) is 6.35. The van der Waals surface area contributed by atoms with Crippen LogP contribution < -0.4 is 10.0 Å². The van der Waals surface area contributed by atoms with Crippen LogP contribution in [0.5, 0.6) is 0 Å². The summed E-state index contributed by atoms with van der Waals surface area (Å²) in [5, 5.41) is 3.21. The van der Waals surface area contributed by atoms with Crippen LogP contribution >= 0.6 is 11.6 Å². The van der Waals surface area contributed by atoms with Crippen molar-refractivity contribution in [1.29, 1.82) is 0 Å². The Kier molecular flexibility index (Phi) is 8.78. The number of hydrogen-bond acceptors (Lipinski definition) is 5. The summed E-state index contributed by atoms with van der Waals surface area (Å²) in [5.41, 5.74) is -0.301. The topological polar surface area (TPSA) is 113 Å². The van der Waals surface area contributed by atoms with Crippen LogP contribution in [-0.2, 0) is 36.8 Å². The zero-order valence-electron chi connectivity index (χ0n) is 20.9. The van der Waals surface area contributed by atoms with Crippen LogP contribution in [-0.4, -0.2) is 40.1 Å². The van der Waals surface area contributed by atoms with Gasteiger partial charge in [-0.05, 0) is 73.0 Å². The first-order chi connectivity index (χ1) is 18.7. The van der Waals surface area contributed by atoms with Crippen molar-refractivity contribution in [3.8, 4) is 0 Å². The Hall–Kier alpha value is -3.13. The second kappa shape index (κ2) is 11.8. The molecule has 0 bridgehead atoms. The van der Waals surface area contributed by atoms with E-state index in [4.69, 9.17) is 11.6 Å². The average molecular weight is 616 g/mol. The highest BCUT2D eigenvalue weighted by atomic mass is 35.5. The van der Waals surface area contributed by atoms with Gasteiger partial charge in [-0.3, -0.25) is 9.52 Å². The second-order valence-corrected chi connectivity index (χ2v) is 13.3. The fraction of sp³-hybridized carbons (Fsp3) is 0.269. The quantitative estimate of drug-likeness (QED) is 0.355. The maximum atomic E-state index is 12.9. The number of carbonyl (C=O) groups excluding carboxylic acids is 1. The van der Waals surface area contributed by atoms with Crippen LogP contribution in [0, 0.1) is 5.92 Å². The van der Waals surface area contributed by atoms with Crippen molar-refractivity contribution >= 4 is 48.9 Å². The van der Waals surface area contributed by atoms with E-state index in [1.165, 1.54) is 34.6 Å². The first-order valence-corrected chi connectivity index (χ1v) is 15.5. The summed E-state index contributed by atoms with van der Waals surface area (Å²) in [6.45, 7) is 0.374. The van der Waals surface area contributed by atoms with E-state index in [-0.39, 0.29) is 35.3 Å². The molecule has 1 saturated heterocycles. The molecule has 1 fully saturated rings. The van der Waals surface area contributed by atoms with E-state index in [1.807, 2.05) is 0 Å². The van der Waals surface area contributed by atoms with E-state index in [0.29, 0.717) is 35.2 Å². The van der Waals surface area contributed by atoms with E-state index in [2.05, 4.69) is 10.0 Å². The molecule has 0 radical (unpaired) electrons. The Bertz CT molecular complexity index is 1570. The molecule has 2 N–H and O–H groups in total. The number of amides is 1. The fourth-order valence-electron chi connectivity index (χ4n) is 4.21. The van der Waals surface area contributed by atoms with Gasteiger partial charge in [0.05, 0.1) is 16.2 Å². The lowest BCUT2D eigenvalue weighted by molar-refractivity contribution is -0.137. The highest BCUT2D eigenvalue weighted by molar-refractivity contribution is 7.92. The summed E-state index contributed by atoms with van der Waals surface area (Å²) in [6, 6.07) is 15.5. The van der Waals surface area contributed by atoms with Gasteiger partial charge >= 0.3 is 6.18 Å². The zero-order chi connectivity index (χ0) is 29.1. The molecule has 1 heterocycles. The lowest BCUT2D eigenvalue weighted by Gasteiger charge is -2.30. The molecule has 3 aromatic carbocycles. The smallest absolute Gasteiger partial charge is 0.326 e. The van der Waals surface area contributed by atoms with Gasteiger partial charge in [-0.2, -0.15) is 13.2 Å². The number of nitrogens with zero attached hydrogens (tertiary/aromatic N) is 1. The highest BCUT2D eigenvalue weighted by Crippen LogP contribution is 2.31. The fourth-order valence-corrected chi connectivity index (χ4v) is 6.95. The number of alkyl halides is 3. The predicted octanol–water partition coefficient (Wildman–Crippen LogP) is 5.34. The third-order valence-corrected chi connectivity index (χ3v) is 9.85. The van der Waals surface area contributed by atoms with Crippen molar-refractivity contribution in [3.63, 3.8) is 0 Å². The molecule has 1 aliphatic rings. The number of halogens is 4. The van der Waals surface area contributed by atoms with Gasteiger partial charge in [0.25, 0.3) is 10.0 Å². The van der Waals surface area contributed by atoms with Gasteiger partial charge in [0.2, 0.25) is 15.9 Å². The van der Waals surface area contributed by atoms with Gasteiger partial charge in [0.1, 0.15) is 0 Å². The SMILES string of the molecule is O=C(Nc1ccc(S(=O)(=O)Nc2cccc(C(F)(F)F)c2)cc1)C1CCN(S(=O)(=O)Cc2ccc(Cl)cc2)CC1. The van der Waals surface area contributed by atoms with Crippen LogP contribution in [0.3, 0.4) is 0 Å². The van der Waals surface area contributed by atoms with Crippen molar-refractivity contribution in [3.05, 3.63) is 88.9 Å². The number of nitrogens with one attached hydrogen (secondary N) is 2. The van der Waals surface area contributed by atoms with Gasteiger partial charge in [0, 0.05) is 35.4 Å². The van der Waals surface area contributed by atoms with Crippen LogP contribution in [0.2, 0.25) is 5.02 Å². The van der Waals surface area contributed by atoms with Crippen molar-refractivity contribution in [1.82, 2.24) is 4.31 Å². The predicted molar refractivity (Wildman–Crippen MR) is 146 cm³/mol. The molecule has 14 heteroatoms. The maximum absolute atomic E-state index is 12.9. The van der Waals surface area contributed by atoms with Gasteiger partial charge in [0.15, 0.2) is 0 Å². The molecular weight excluding hydrogens is 591 g/mol. The number of anilines is 2. The number of carbonyl (C=O) groups is 1. The normalized spacial score (nSPS) is 15.5. The van der Waals surface area contributed by atoms with E-state index in [9.17, 15) is 34.8 Å². The number of sulfonamides is 2. The van der Waals surface area contributed by atoms with E-state index in [0.717, 1.165) is 12.1 Å². The first kappa shape index (κ1) is 29.8. The van der Waals surface area contributed by atoms with Crippen LogP contribution in [0.4, 0.5) is 24.5 Å². The van der Waals surface area contributed by atoms with Crippen molar-refractivity contribution < 1.29 is 34.8 Å². The molecule has 0 spiro atoms. The van der Waals surface area contributed by atoms with Crippen molar-refractivity contribution in [2.75, 3.05) is 23.1 Å². The zero-order valence-corrected chi connectivity index (χ0v) is 23.2. The summed E-state index contributed by atoms with van der Waals surface area (Å²) in [4.78, 5) is 12.6. The lowest BCUT2D eigenvalue weighted by Crippen LogP contribution is -2.41. The monoisotopic (exact) mass is 615 g/mol. The molecule has 0 saturated carbocycles. The minimum atomic E-state index is -4.62. The molecule has 8 nitrogen and oxygen atoms in total. The molecular formula is C26H25ClF3N3O5S2. The summed E-state index contributed by atoms with van der Waals surface area (Å²) in [7, 11) is -7.75. The molecule has 0 unspecified atom stereocenters. The van der Waals surface area contributed by atoms with Gasteiger partial charge in [-0.25, -0.2) is 21.1 Å². The van der Waals surface area contributed by atoms with Crippen LogP contribution in [0.1, 0.15) is 24.0 Å². The Morgan fingerprint density at radius 2 is 1.52 bits per heavy atom. The Morgan fingerprint density at radius 3 is 2.12 bits per heavy atom. The molecule has 1 aliphatic heterocycles. The Morgan fingerprint density at radius 1 is 0.900 bits per heavy atom. The van der Waals surface area contributed by atoms with E-state index < -0.39 is 37.7 Å². The lowest BCUT2D eigenvalue weighted by atomic mass is 9.97. The number of piperidine rings is 1. The minimum Gasteiger partial charge on any atom is -0.326 e. The molecule has 0 aromatic heterocycles. The minimum absolute atomic E-state index is 0.168. The molecule has 1 amide bonds. The van der Waals surface area contributed by atoms with Gasteiger partial charge < -0.3 is 5.32 Å². The standard InChI is InChI=1S/C26H25ClF3N3O5S2/c27-21-6-4-18(5-7-21)17-39(35,36)33-14-12-19(13-15-33)25(34)31-22-8-10-24(11-9-22)40(37,38)32-23-3-1-2-20(16-23)26(28,29)30/h1-11,16,19,32H,12-15,17H2,(H,31,34). The Labute approximate surface area is 235 Å².